The van der Waals surface area contributed by atoms with Crippen LogP contribution in [-0.4, -0.2) is 18.3 Å². The summed E-state index contributed by atoms with van der Waals surface area (Å²) in [5.41, 5.74) is 0. The van der Waals surface area contributed by atoms with E-state index in [-0.39, 0.29) is 6.61 Å². The summed E-state index contributed by atoms with van der Waals surface area (Å²) in [7, 11) is 0. The van der Waals surface area contributed by atoms with E-state index in [1.807, 2.05) is 0 Å². The first-order valence-electron chi connectivity index (χ1n) is 4.40. The third kappa shape index (κ3) is 2.73. The number of benzene rings is 1. The summed E-state index contributed by atoms with van der Waals surface area (Å²) in [5, 5.41) is 8.34. The largest absolute Gasteiger partial charge is 0.483 e. The molecule has 0 heterocycles. The Morgan fingerprint density at radius 3 is 1.76 bits per heavy atom. The van der Waals surface area contributed by atoms with Gasteiger partial charge in [-0.15, -0.1) is 0 Å². The molecule has 1 rings (SSSR count). The van der Waals surface area contributed by atoms with Gasteiger partial charge in [0.15, 0.2) is 5.75 Å². The molecule has 94 valence electrons. The van der Waals surface area contributed by atoms with E-state index in [2.05, 4.69) is 4.74 Å². The van der Waals surface area contributed by atoms with Crippen LogP contribution >= 0.6 is 0 Å². The van der Waals surface area contributed by atoms with Gasteiger partial charge in [-0.05, 0) is 6.08 Å². The molecule has 0 atom stereocenters. The van der Waals surface area contributed by atoms with Crippen LogP contribution in [0.4, 0.5) is 22.0 Å². The molecule has 0 radical (unpaired) electrons. The molecule has 1 aromatic carbocycles. The van der Waals surface area contributed by atoms with E-state index >= 15 is 0 Å². The second kappa shape index (κ2) is 5.62. The predicted octanol–water partition coefficient (Wildman–Crippen LogP) is 2.31. The van der Waals surface area contributed by atoms with E-state index in [1.54, 1.807) is 0 Å². The molecule has 1 N–H and O–H groups in total. The van der Waals surface area contributed by atoms with Gasteiger partial charge in [0.25, 0.3) is 0 Å². The number of hydrogen-bond acceptors (Lipinski definition) is 2. The normalized spacial score (nSPS) is 11.2. The van der Waals surface area contributed by atoms with E-state index in [1.165, 1.54) is 6.08 Å². The van der Waals surface area contributed by atoms with Gasteiger partial charge in [0.2, 0.25) is 29.1 Å². The number of aliphatic hydroxyl groups is 1. The zero-order valence-electron chi connectivity index (χ0n) is 8.31. The molecule has 0 spiro atoms. The van der Waals surface area contributed by atoms with Crippen LogP contribution in [-0.2, 0) is 0 Å². The summed E-state index contributed by atoms with van der Waals surface area (Å²) in [6.07, 6.45) is 2.35. The minimum atomic E-state index is -2.24. The molecule has 7 heteroatoms. The van der Waals surface area contributed by atoms with Gasteiger partial charge < -0.3 is 9.84 Å². The van der Waals surface area contributed by atoms with Crippen molar-refractivity contribution in [3.63, 3.8) is 0 Å². The molecule has 0 aromatic heterocycles. The fourth-order valence-electron chi connectivity index (χ4n) is 0.986. The molecule has 2 nitrogen and oxygen atoms in total. The Labute approximate surface area is 92.9 Å². The molecular weight excluding hydrogens is 247 g/mol. The van der Waals surface area contributed by atoms with Gasteiger partial charge in [0.1, 0.15) is 6.61 Å². The molecule has 0 saturated heterocycles. The van der Waals surface area contributed by atoms with Gasteiger partial charge in [-0.3, -0.25) is 0 Å². The minimum absolute atomic E-state index is 0.333. The Balaban J connectivity index is 3.03. The standard InChI is InChI=1S/C10H7F5O2/c11-5-6(12)8(14)10(9(15)7(5)13)17-4-2-1-3-16/h1-2,16H,3-4H2/b2-1+. The van der Waals surface area contributed by atoms with Crippen molar-refractivity contribution in [2.75, 3.05) is 13.2 Å². The van der Waals surface area contributed by atoms with Gasteiger partial charge in [0, 0.05) is 0 Å². The van der Waals surface area contributed by atoms with Crippen molar-refractivity contribution in [3.05, 3.63) is 41.2 Å². The molecule has 0 aliphatic carbocycles. The average Bonchev–Trinajstić information content (AvgIpc) is 2.33. The van der Waals surface area contributed by atoms with Crippen molar-refractivity contribution in [1.82, 2.24) is 0 Å². The Hall–Kier alpha value is -1.63. The molecule has 17 heavy (non-hydrogen) atoms. The van der Waals surface area contributed by atoms with Crippen LogP contribution in [0.1, 0.15) is 0 Å². The molecular formula is C10H7F5O2. The van der Waals surface area contributed by atoms with Crippen molar-refractivity contribution >= 4 is 0 Å². The fourth-order valence-corrected chi connectivity index (χ4v) is 0.986. The molecule has 0 amide bonds. The topological polar surface area (TPSA) is 29.5 Å². The summed E-state index contributed by atoms with van der Waals surface area (Å²) in [4.78, 5) is 0. The van der Waals surface area contributed by atoms with Gasteiger partial charge in [-0.2, -0.15) is 8.78 Å². The summed E-state index contributed by atoms with van der Waals surface area (Å²) < 4.78 is 68.3. The SMILES string of the molecule is OC/C=C/COc1c(F)c(F)c(F)c(F)c1F. The van der Waals surface area contributed by atoms with Crippen LogP contribution in [0.2, 0.25) is 0 Å². The smallest absolute Gasteiger partial charge is 0.207 e. The van der Waals surface area contributed by atoms with Crippen LogP contribution in [0.3, 0.4) is 0 Å². The minimum Gasteiger partial charge on any atom is -0.483 e. The lowest BCUT2D eigenvalue weighted by Crippen LogP contribution is -2.07. The number of ether oxygens (including phenoxy) is 1. The molecule has 0 fully saturated rings. The Kier molecular flexibility index (Phi) is 4.45. The summed E-state index contributed by atoms with van der Waals surface area (Å²) in [5.74, 6) is -11.8. The number of halogens is 5. The highest BCUT2D eigenvalue weighted by Gasteiger charge is 2.26. The Morgan fingerprint density at radius 2 is 1.29 bits per heavy atom. The maximum absolute atomic E-state index is 13.0. The quantitative estimate of drug-likeness (QED) is 0.386. The number of aliphatic hydroxyl groups excluding tert-OH is 1. The van der Waals surface area contributed by atoms with Crippen molar-refractivity contribution < 1.29 is 31.8 Å². The van der Waals surface area contributed by atoms with Crippen LogP contribution in [0.5, 0.6) is 5.75 Å². The molecule has 0 aliphatic heterocycles. The highest BCUT2D eigenvalue weighted by Crippen LogP contribution is 2.28. The van der Waals surface area contributed by atoms with Gasteiger partial charge in [0.05, 0.1) is 6.61 Å². The van der Waals surface area contributed by atoms with Crippen LogP contribution in [0, 0.1) is 29.1 Å². The zero-order valence-corrected chi connectivity index (χ0v) is 8.31. The van der Waals surface area contributed by atoms with Crippen molar-refractivity contribution in [2.24, 2.45) is 0 Å². The van der Waals surface area contributed by atoms with Crippen LogP contribution in [0.15, 0.2) is 12.2 Å². The lowest BCUT2D eigenvalue weighted by atomic mass is 10.2. The Bertz CT molecular complexity index is 416. The third-order valence-electron chi connectivity index (χ3n) is 1.77. The van der Waals surface area contributed by atoms with E-state index in [4.69, 9.17) is 5.11 Å². The number of rotatable bonds is 4. The molecule has 0 aliphatic rings. The maximum Gasteiger partial charge on any atom is 0.207 e. The third-order valence-corrected chi connectivity index (χ3v) is 1.77. The highest BCUT2D eigenvalue weighted by atomic mass is 19.2. The molecule has 1 aromatic rings. The summed E-state index contributed by atoms with van der Waals surface area (Å²) >= 11 is 0. The van der Waals surface area contributed by atoms with Gasteiger partial charge in [-0.25, -0.2) is 13.2 Å². The van der Waals surface area contributed by atoms with Crippen LogP contribution in [0.25, 0.3) is 0 Å². The molecule has 0 unspecified atom stereocenters. The number of hydrogen-bond donors (Lipinski definition) is 1. The monoisotopic (exact) mass is 254 g/mol. The first kappa shape index (κ1) is 13.4. The fraction of sp³-hybridized carbons (Fsp3) is 0.200. The van der Waals surface area contributed by atoms with Crippen molar-refractivity contribution in [2.45, 2.75) is 0 Å². The first-order valence-corrected chi connectivity index (χ1v) is 4.40. The second-order valence-electron chi connectivity index (χ2n) is 2.86. The summed E-state index contributed by atoms with van der Waals surface area (Å²) in [6.45, 7) is -0.765. The lowest BCUT2D eigenvalue weighted by molar-refractivity contribution is 0.286. The average molecular weight is 254 g/mol. The maximum atomic E-state index is 13.0. The lowest BCUT2D eigenvalue weighted by Gasteiger charge is -2.08. The Morgan fingerprint density at radius 1 is 0.824 bits per heavy atom. The molecule has 0 bridgehead atoms. The zero-order chi connectivity index (χ0) is 13.0. The summed E-state index contributed by atoms with van der Waals surface area (Å²) in [6, 6.07) is 0. The van der Waals surface area contributed by atoms with Crippen molar-refractivity contribution in [1.29, 1.82) is 0 Å². The van der Waals surface area contributed by atoms with E-state index in [9.17, 15) is 22.0 Å². The van der Waals surface area contributed by atoms with Crippen LogP contribution < -0.4 is 4.74 Å². The second-order valence-corrected chi connectivity index (χ2v) is 2.86. The van der Waals surface area contributed by atoms with E-state index in [0.29, 0.717) is 0 Å². The molecule has 0 saturated carbocycles. The van der Waals surface area contributed by atoms with Crippen molar-refractivity contribution in [3.8, 4) is 5.75 Å². The highest BCUT2D eigenvalue weighted by molar-refractivity contribution is 5.29. The van der Waals surface area contributed by atoms with E-state index in [0.717, 1.165) is 6.08 Å². The van der Waals surface area contributed by atoms with Gasteiger partial charge >= 0.3 is 0 Å². The van der Waals surface area contributed by atoms with Gasteiger partial charge in [-0.1, -0.05) is 6.08 Å². The first-order chi connectivity index (χ1) is 8.00. The predicted molar refractivity (Wildman–Crippen MR) is 48.0 cm³/mol. The van der Waals surface area contributed by atoms with E-state index < -0.39 is 41.4 Å².